The molecule has 5 unspecified atom stereocenters. The summed E-state index contributed by atoms with van der Waals surface area (Å²) in [4.78, 5) is 2.42. The molecule has 5 atom stereocenters. The van der Waals surface area contributed by atoms with E-state index in [1.807, 2.05) is 12.1 Å². The monoisotopic (exact) mass is 335 g/mol. The molecule has 5 rings (SSSR count). The zero-order valence-electron chi connectivity index (χ0n) is 13.4. The van der Waals surface area contributed by atoms with Gasteiger partial charge in [0.25, 0.3) is 0 Å². The molecule has 2 heterocycles. The summed E-state index contributed by atoms with van der Waals surface area (Å²) in [6.45, 7) is 1.05. The Morgan fingerprint density at radius 2 is 2.17 bits per heavy atom. The summed E-state index contributed by atoms with van der Waals surface area (Å²) < 4.78 is 11.9. The number of nitrogens with zero attached hydrogens (tertiary/aromatic N) is 1. The molecule has 1 aromatic rings. The topological polar surface area (TPSA) is 41.9 Å². The van der Waals surface area contributed by atoms with Gasteiger partial charge in [0.2, 0.25) is 0 Å². The van der Waals surface area contributed by atoms with Gasteiger partial charge in [-0.1, -0.05) is 12.1 Å². The molecule has 2 aliphatic heterocycles. The Morgan fingerprint density at radius 1 is 1.35 bits per heavy atom. The average Bonchev–Trinajstić information content (AvgIpc) is 2.86. The lowest BCUT2D eigenvalue weighted by Gasteiger charge is -2.57. The molecule has 1 aromatic carbocycles. The number of aliphatic hydroxyl groups is 1. The highest BCUT2D eigenvalue weighted by Gasteiger charge is 2.64. The summed E-state index contributed by atoms with van der Waals surface area (Å²) in [7, 11) is 3.88. The highest BCUT2D eigenvalue weighted by Crippen LogP contribution is 2.62. The standard InChI is InChI=1S/C18H21NO3.ClH/c1-19-8-7-18-14-6-4-12(20)16(18)11(19)9-10-3-5-13(21-2)17(22-14)15(10)18;/h3-6,11-12,14,16,20H,7-9H2,1-2H3;1H. The summed E-state index contributed by atoms with van der Waals surface area (Å²) in [5.41, 5.74) is 2.60. The molecule has 4 nitrogen and oxygen atoms in total. The normalized spacial score (nSPS) is 39.3. The Labute approximate surface area is 142 Å². The summed E-state index contributed by atoms with van der Waals surface area (Å²) in [5.74, 6) is 1.94. The van der Waals surface area contributed by atoms with Crippen LogP contribution in [-0.2, 0) is 11.8 Å². The van der Waals surface area contributed by atoms with Crippen molar-refractivity contribution in [1.29, 1.82) is 0 Å². The van der Waals surface area contributed by atoms with E-state index in [0.29, 0.717) is 6.04 Å². The number of benzene rings is 1. The predicted molar refractivity (Wildman–Crippen MR) is 89.7 cm³/mol. The van der Waals surface area contributed by atoms with E-state index < -0.39 is 6.10 Å². The van der Waals surface area contributed by atoms with Crippen LogP contribution in [0.25, 0.3) is 0 Å². The van der Waals surface area contributed by atoms with Gasteiger partial charge in [-0.3, -0.25) is 0 Å². The zero-order valence-corrected chi connectivity index (χ0v) is 14.2. The van der Waals surface area contributed by atoms with Gasteiger partial charge in [-0.2, -0.15) is 0 Å². The lowest BCUT2D eigenvalue weighted by molar-refractivity contribution is -0.0575. The van der Waals surface area contributed by atoms with Gasteiger partial charge in [-0.05, 0) is 44.1 Å². The maximum atomic E-state index is 10.7. The minimum Gasteiger partial charge on any atom is -0.493 e. The molecule has 124 valence electrons. The number of aliphatic hydroxyl groups excluding tert-OH is 1. The second-order valence-corrected chi connectivity index (χ2v) is 7.11. The van der Waals surface area contributed by atoms with E-state index in [1.165, 1.54) is 11.1 Å². The third-order valence-electron chi connectivity index (χ3n) is 6.38. The predicted octanol–water partition coefficient (Wildman–Crippen LogP) is 1.92. The third-order valence-corrected chi connectivity index (χ3v) is 6.38. The van der Waals surface area contributed by atoms with Crippen LogP contribution < -0.4 is 9.47 Å². The van der Waals surface area contributed by atoms with Gasteiger partial charge in [0.05, 0.1) is 13.2 Å². The van der Waals surface area contributed by atoms with Gasteiger partial charge in [0.1, 0.15) is 6.10 Å². The number of hydrogen-bond donors (Lipinski definition) is 1. The van der Waals surface area contributed by atoms with Crippen molar-refractivity contribution in [3.63, 3.8) is 0 Å². The molecule has 1 spiro atoms. The first-order chi connectivity index (χ1) is 10.7. The van der Waals surface area contributed by atoms with Crippen LogP contribution in [0.4, 0.5) is 0 Å². The van der Waals surface area contributed by atoms with Gasteiger partial charge < -0.3 is 19.5 Å². The van der Waals surface area contributed by atoms with Gasteiger partial charge in [-0.15, -0.1) is 12.4 Å². The number of hydrogen-bond acceptors (Lipinski definition) is 4. The largest absolute Gasteiger partial charge is 0.493 e. The van der Waals surface area contributed by atoms with Crippen molar-refractivity contribution in [1.82, 2.24) is 4.90 Å². The maximum Gasteiger partial charge on any atom is 0.166 e. The number of rotatable bonds is 1. The minimum absolute atomic E-state index is 0. The number of ether oxygens (including phenoxy) is 2. The van der Waals surface area contributed by atoms with E-state index in [4.69, 9.17) is 9.47 Å². The quantitative estimate of drug-likeness (QED) is 0.796. The average molecular weight is 336 g/mol. The summed E-state index contributed by atoms with van der Waals surface area (Å²) in [6, 6.07) is 4.60. The first kappa shape index (κ1) is 15.3. The Morgan fingerprint density at radius 3 is 2.96 bits per heavy atom. The number of likely N-dealkylation sites (tertiary alicyclic amines) is 1. The van der Waals surface area contributed by atoms with Crippen molar-refractivity contribution in [2.75, 3.05) is 20.7 Å². The van der Waals surface area contributed by atoms with Crippen LogP contribution >= 0.6 is 12.4 Å². The van der Waals surface area contributed by atoms with Crippen LogP contribution in [0.3, 0.4) is 0 Å². The van der Waals surface area contributed by atoms with Crippen molar-refractivity contribution in [3.8, 4) is 11.5 Å². The Bertz CT molecular complexity index is 691. The van der Waals surface area contributed by atoms with Crippen LogP contribution in [0.5, 0.6) is 11.5 Å². The molecular formula is C18H22ClNO3. The van der Waals surface area contributed by atoms with Crippen LogP contribution in [-0.4, -0.2) is 49.0 Å². The molecule has 2 aliphatic carbocycles. The zero-order chi connectivity index (χ0) is 15.1. The van der Waals surface area contributed by atoms with Gasteiger partial charge in [-0.25, -0.2) is 0 Å². The molecule has 2 bridgehead atoms. The number of piperidine rings is 1. The lowest BCUT2D eigenvalue weighted by atomic mass is 9.52. The van der Waals surface area contributed by atoms with Crippen molar-refractivity contribution >= 4 is 12.4 Å². The SMILES string of the molecule is COc1ccc2c3c1OC1C=CC(O)C4C(C2)N(C)CCC314.Cl. The highest BCUT2D eigenvalue weighted by atomic mass is 35.5. The van der Waals surface area contributed by atoms with Crippen molar-refractivity contribution in [3.05, 3.63) is 35.4 Å². The first-order valence-electron chi connectivity index (χ1n) is 8.10. The summed E-state index contributed by atoms with van der Waals surface area (Å²) >= 11 is 0. The highest BCUT2D eigenvalue weighted by molar-refractivity contribution is 5.85. The van der Waals surface area contributed by atoms with Crippen LogP contribution in [0.1, 0.15) is 17.5 Å². The van der Waals surface area contributed by atoms with Gasteiger partial charge in [0, 0.05) is 22.9 Å². The molecule has 0 aromatic heterocycles. The molecule has 0 radical (unpaired) electrons. The second kappa shape index (κ2) is 4.88. The molecule has 5 heteroatoms. The Hall–Kier alpha value is -1.23. The molecule has 23 heavy (non-hydrogen) atoms. The van der Waals surface area contributed by atoms with Crippen molar-refractivity contribution in [2.24, 2.45) is 5.92 Å². The molecule has 0 amide bonds. The Balaban J connectivity index is 0.00000135. The van der Waals surface area contributed by atoms with E-state index in [2.05, 4.69) is 24.1 Å². The van der Waals surface area contributed by atoms with E-state index in [9.17, 15) is 5.11 Å². The van der Waals surface area contributed by atoms with Crippen molar-refractivity contribution < 1.29 is 14.6 Å². The first-order valence-corrected chi connectivity index (χ1v) is 8.10. The summed E-state index contributed by atoms with van der Waals surface area (Å²) in [5, 5.41) is 10.7. The lowest BCUT2D eigenvalue weighted by Crippen LogP contribution is -2.65. The summed E-state index contributed by atoms with van der Waals surface area (Å²) in [6.07, 6.45) is 5.65. The number of methoxy groups -OCH3 is 1. The second-order valence-electron chi connectivity index (χ2n) is 7.11. The van der Waals surface area contributed by atoms with Crippen LogP contribution in [0.15, 0.2) is 24.3 Å². The fourth-order valence-electron chi connectivity index (χ4n) is 5.46. The van der Waals surface area contributed by atoms with E-state index in [0.717, 1.165) is 30.9 Å². The van der Waals surface area contributed by atoms with E-state index in [1.54, 1.807) is 7.11 Å². The number of halogens is 1. The number of likely N-dealkylation sites (N-methyl/N-ethyl adjacent to an activating group) is 1. The molecule has 1 fully saturated rings. The van der Waals surface area contributed by atoms with Crippen LogP contribution in [0, 0.1) is 5.92 Å². The molecule has 1 saturated heterocycles. The van der Waals surface area contributed by atoms with E-state index in [-0.39, 0.29) is 29.8 Å². The van der Waals surface area contributed by atoms with Gasteiger partial charge >= 0.3 is 0 Å². The minimum atomic E-state index is -0.391. The van der Waals surface area contributed by atoms with Crippen LogP contribution in [0.2, 0.25) is 0 Å². The molecule has 0 saturated carbocycles. The third kappa shape index (κ3) is 1.64. The smallest absolute Gasteiger partial charge is 0.166 e. The molecule has 4 aliphatic rings. The van der Waals surface area contributed by atoms with E-state index >= 15 is 0 Å². The fraction of sp³-hybridized carbons (Fsp3) is 0.556. The molecule has 1 N–H and O–H groups in total. The fourth-order valence-corrected chi connectivity index (χ4v) is 5.46. The maximum absolute atomic E-state index is 10.7. The Kier molecular flexibility index (Phi) is 3.25. The van der Waals surface area contributed by atoms with Crippen molar-refractivity contribution in [2.45, 2.75) is 36.5 Å². The molecular weight excluding hydrogens is 314 g/mol. The van der Waals surface area contributed by atoms with Gasteiger partial charge in [0.15, 0.2) is 11.5 Å².